The third kappa shape index (κ3) is 3.63. The van der Waals surface area contributed by atoms with Crippen LogP contribution in [0.2, 0.25) is 0 Å². The monoisotopic (exact) mass is 326 g/mol. The van der Waals surface area contributed by atoms with Crippen molar-refractivity contribution in [3.8, 4) is 11.1 Å². The number of aliphatic hydroxyl groups excluding tert-OH is 1. The van der Waals surface area contributed by atoms with Crippen molar-refractivity contribution < 1.29 is 15.0 Å². The van der Waals surface area contributed by atoms with Gasteiger partial charge in [0.1, 0.15) is 0 Å². The lowest BCUT2D eigenvalue weighted by Gasteiger charge is -2.35. The van der Waals surface area contributed by atoms with Crippen molar-refractivity contribution in [2.24, 2.45) is 11.8 Å². The number of aliphatic hydroxyl groups is 1. The second-order valence-electron chi connectivity index (χ2n) is 6.47. The van der Waals surface area contributed by atoms with Crippen LogP contribution in [0.15, 0.2) is 48.8 Å². The van der Waals surface area contributed by atoms with Crippen molar-refractivity contribution >= 4 is 6.47 Å². The fourth-order valence-electron chi connectivity index (χ4n) is 3.69. The van der Waals surface area contributed by atoms with Crippen LogP contribution in [0.3, 0.4) is 0 Å². The number of rotatable bonds is 3. The largest absolute Gasteiger partial charge is 0.483 e. The molecule has 0 unspecified atom stereocenters. The number of carbonyl (C=O) groups is 1. The Bertz CT molecular complexity index is 660. The Kier molecular flexibility index (Phi) is 5.23. The quantitative estimate of drug-likeness (QED) is 0.847. The van der Waals surface area contributed by atoms with E-state index in [1.54, 1.807) is 6.20 Å². The Morgan fingerprint density at radius 2 is 1.92 bits per heavy atom. The van der Waals surface area contributed by atoms with Gasteiger partial charge in [0.05, 0.1) is 6.10 Å². The van der Waals surface area contributed by atoms with Crippen molar-refractivity contribution in [3.63, 3.8) is 0 Å². The Hall–Kier alpha value is -2.24. The molecule has 2 fully saturated rings. The van der Waals surface area contributed by atoms with Crippen molar-refractivity contribution in [1.82, 2.24) is 9.88 Å². The molecule has 1 saturated heterocycles. The number of carboxylic acid groups (broad SMARTS) is 1. The van der Waals surface area contributed by atoms with Crippen molar-refractivity contribution in [2.45, 2.75) is 19.1 Å². The second kappa shape index (κ2) is 7.55. The van der Waals surface area contributed by atoms with E-state index in [-0.39, 0.29) is 12.6 Å². The van der Waals surface area contributed by atoms with E-state index in [4.69, 9.17) is 9.90 Å². The second-order valence-corrected chi connectivity index (χ2v) is 6.47. The summed E-state index contributed by atoms with van der Waals surface area (Å²) < 4.78 is 0. The number of benzene rings is 1. The molecule has 2 aliphatic rings. The van der Waals surface area contributed by atoms with Crippen LogP contribution in [0.1, 0.15) is 12.0 Å². The highest BCUT2D eigenvalue weighted by atomic mass is 16.3. The van der Waals surface area contributed by atoms with Gasteiger partial charge in [0, 0.05) is 37.9 Å². The summed E-state index contributed by atoms with van der Waals surface area (Å²) in [5, 5.41) is 16.6. The molecule has 2 heterocycles. The number of aromatic nitrogens is 1. The molecule has 0 bridgehead atoms. The smallest absolute Gasteiger partial charge is 0.290 e. The molecule has 5 heteroatoms. The van der Waals surface area contributed by atoms with Gasteiger partial charge in [-0.05, 0) is 35.1 Å². The lowest BCUT2D eigenvalue weighted by atomic mass is 9.74. The number of hydrogen-bond donors (Lipinski definition) is 2. The van der Waals surface area contributed by atoms with Crippen LogP contribution in [0, 0.1) is 11.8 Å². The summed E-state index contributed by atoms with van der Waals surface area (Å²) in [5.41, 5.74) is 3.72. The molecule has 1 aromatic heterocycles. The molecule has 1 aliphatic carbocycles. The van der Waals surface area contributed by atoms with Crippen molar-refractivity contribution in [3.05, 3.63) is 54.4 Å². The SMILES string of the molecule is O=CO.O[C@H]1C[C@@H]2CN(Cc3ccc(-c4cccnc4)cc3)C[C@@H]21. The van der Waals surface area contributed by atoms with Crippen molar-refractivity contribution in [2.75, 3.05) is 13.1 Å². The van der Waals surface area contributed by atoms with Gasteiger partial charge in [0.15, 0.2) is 0 Å². The molecule has 0 spiro atoms. The molecule has 1 aliphatic heterocycles. The molecule has 0 radical (unpaired) electrons. The Balaban J connectivity index is 0.000000526. The van der Waals surface area contributed by atoms with E-state index in [0.29, 0.717) is 5.92 Å². The highest BCUT2D eigenvalue weighted by molar-refractivity contribution is 5.62. The van der Waals surface area contributed by atoms with Gasteiger partial charge in [0.25, 0.3) is 6.47 Å². The zero-order chi connectivity index (χ0) is 16.9. The zero-order valence-corrected chi connectivity index (χ0v) is 13.5. The van der Waals surface area contributed by atoms with Crippen molar-refractivity contribution in [1.29, 1.82) is 0 Å². The Morgan fingerprint density at radius 3 is 2.50 bits per heavy atom. The minimum atomic E-state index is -0.250. The first-order valence-corrected chi connectivity index (χ1v) is 8.19. The van der Waals surface area contributed by atoms with Gasteiger partial charge < -0.3 is 10.2 Å². The van der Waals surface area contributed by atoms with E-state index in [1.165, 1.54) is 11.1 Å². The van der Waals surface area contributed by atoms with Gasteiger partial charge in [-0.3, -0.25) is 14.7 Å². The topological polar surface area (TPSA) is 73.7 Å². The highest BCUT2D eigenvalue weighted by Crippen LogP contribution is 2.41. The Labute approximate surface area is 141 Å². The van der Waals surface area contributed by atoms with E-state index < -0.39 is 0 Å². The minimum Gasteiger partial charge on any atom is -0.483 e. The van der Waals surface area contributed by atoms with Crippen LogP contribution in [-0.4, -0.2) is 45.8 Å². The van der Waals surface area contributed by atoms with Crippen LogP contribution in [0.5, 0.6) is 0 Å². The summed E-state index contributed by atoms with van der Waals surface area (Å²) in [5.74, 6) is 1.26. The average molecular weight is 326 g/mol. The number of pyridine rings is 1. The third-order valence-electron chi connectivity index (χ3n) is 4.96. The summed E-state index contributed by atoms with van der Waals surface area (Å²) in [6.07, 6.45) is 4.65. The van der Waals surface area contributed by atoms with Gasteiger partial charge in [-0.2, -0.15) is 0 Å². The fourth-order valence-corrected chi connectivity index (χ4v) is 3.69. The summed E-state index contributed by atoms with van der Waals surface area (Å²) in [6, 6.07) is 12.8. The maximum absolute atomic E-state index is 9.73. The highest BCUT2D eigenvalue weighted by Gasteiger charge is 2.45. The van der Waals surface area contributed by atoms with E-state index in [1.807, 2.05) is 12.3 Å². The summed E-state index contributed by atoms with van der Waals surface area (Å²) in [7, 11) is 0. The lowest BCUT2D eigenvalue weighted by Crippen LogP contribution is -2.39. The zero-order valence-electron chi connectivity index (χ0n) is 13.5. The van der Waals surface area contributed by atoms with E-state index in [2.05, 4.69) is 40.2 Å². The molecule has 0 amide bonds. The fraction of sp³-hybridized carbons (Fsp3) is 0.368. The maximum atomic E-state index is 9.73. The molecule has 3 atom stereocenters. The normalized spacial score (nSPS) is 25.1. The summed E-state index contributed by atoms with van der Waals surface area (Å²) >= 11 is 0. The number of nitrogens with zero attached hydrogens (tertiary/aromatic N) is 2. The van der Waals surface area contributed by atoms with Gasteiger partial charge in [-0.25, -0.2) is 0 Å². The van der Waals surface area contributed by atoms with E-state index in [0.717, 1.165) is 37.5 Å². The lowest BCUT2D eigenvalue weighted by molar-refractivity contribution is -0.122. The van der Waals surface area contributed by atoms with E-state index in [9.17, 15) is 5.11 Å². The predicted octanol–water partition coefficient (Wildman–Crippen LogP) is 2.26. The van der Waals surface area contributed by atoms with E-state index >= 15 is 0 Å². The molecule has 4 rings (SSSR count). The van der Waals surface area contributed by atoms with Gasteiger partial charge in [-0.15, -0.1) is 0 Å². The van der Waals surface area contributed by atoms with Gasteiger partial charge in [-0.1, -0.05) is 30.3 Å². The molecule has 5 nitrogen and oxygen atoms in total. The van der Waals surface area contributed by atoms with Gasteiger partial charge in [0.2, 0.25) is 0 Å². The Morgan fingerprint density at radius 1 is 1.17 bits per heavy atom. The number of hydrogen-bond acceptors (Lipinski definition) is 4. The van der Waals surface area contributed by atoms with Crippen LogP contribution in [-0.2, 0) is 11.3 Å². The average Bonchev–Trinajstić information content (AvgIpc) is 2.93. The first kappa shape index (κ1) is 16.6. The predicted molar refractivity (Wildman–Crippen MR) is 91.2 cm³/mol. The third-order valence-corrected chi connectivity index (χ3v) is 4.96. The van der Waals surface area contributed by atoms with Gasteiger partial charge >= 0.3 is 0 Å². The number of likely N-dealkylation sites (tertiary alicyclic amines) is 1. The van der Waals surface area contributed by atoms with Crippen LogP contribution < -0.4 is 0 Å². The first-order chi connectivity index (χ1) is 11.7. The molecular formula is C19H22N2O3. The molecule has 2 N–H and O–H groups in total. The minimum absolute atomic E-state index is 0.0482. The molecular weight excluding hydrogens is 304 g/mol. The molecule has 1 aromatic carbocycles. The van der Waals surface area contributed by atoms with Crippen LogP contribution in [0.25, 0.3) is 11.1 Å². The van der Waals surface area contributed by atoms with Crippen LogP contribution >= 0.6 is 0 Å². The molecule has 126 valence electrons. The standard InChI is InChI=1S/C18H20N2O.CH2O2/c21-18-8-16-11-20(12-17(16)18)10-13-3-5-14(6-4-13)15-2-1-7-19-9-15;2-1-3/h1-7,9,16-18,21H,8,10-12H2;1H,(H,2,3)/t16-,17+,18+;/m1./s1. The summed E-state index contributed by atoms with van der Waals surface area (Å²) in [6.45, 7) is 2.94. The van der Waals surface area contributed by atoms with Crippen LogP contribution in [0.4, 0.5) is 0 Å². The molecule has 1 saturated carbocycles. The maximum Gasteiger partial charge on any atom is 0.290 e. The molecule has 24 heavy (non-hydrogen) atoms. The molecule has 2 aromatic rings. The summed E-state index contributed by atoms with van der Waals surface area (Å²) in [4.78, 5) is 15.0. The number of fused-ring (bicyclic) bond motifs is 1. The first-order valence-electron chi connectivity index (χ1n) is 8.19.